The molecule has 0 aliphatic rings. The van der Waals surface area contributed by atoms with Crippen LogP contribution in [-0.4, -0.2) is 25.3 Å². The van der Waals surface area contributed by atoms with Crippen molar-refractivity contribution in [1.29, 1.82) is 0 Å². The number of hydrogen-bond donors (Lipinski definition) is 1. The molecule has 0 radical (unpaired) electrons. The summed E-state index contributed by atoms with van der Waals surface area (Å²) in [6, 6.07) is 17.4. The van der Waals surface area contributed by atoms with Gasteiger partial charge in [-0.15, -0.1) is 0 Å². The van der Waals surface area contributed by atoms with Gasteiger partial charge in [-0.1, -0.05) is 42.5 Å². The molecule has 2 rings (SSSR count). The Bertz CT molecular complexity index is 691. The van der Waals surface area contributed by atoms with Crippen molar-refractivity contribution in [3.63, 3.8) is 0 Å². The van der Waals surface area contributed by atoms with Crippen LogP contribution in [0.1, 0.15) is 13.8 Å². The van der Waals surface area contributed by atoms with Crippen LogP contribution in [-0.2, 0) is 18.4 Å². The van der Waals surface area contributed by atoms with E-state index >= 15 is 0 Å². The Kier molecular flexibility index (Phi) is 6.73. The second-order valence-electron chi connectivity index (χ2n) is 5.10. The molecule has 24 heavy (non-hydrogen) atoms. The lowest BCUT2D eigenvalue weighted by Crippen LogP contribution is -2.18. The van der Waals surface area contributed by atoms with Crippen molar-refractivity contribution in [2.45, 2.75) is 13.8 Å². The van der Waals surface area contributed by atoms with E-state index in [1.807, 2.05) is 54.6 Å². The van der Waals surface area contributed by atoms with Crippen LogP contribution in [0.4, 0.5) is 5.69 Å². The summed E-state index contributed by atoms with van der Waals surface area (Å²) in [6.45, 7) is 3.89. The summed E-state index contributed by atoms with van der Waals surface area (Å²) in [4.78, 5) is 12.1. The van der Waals surface area contributed by atoms with Crippen LogP contribution in [0.5, 0.6) is 0 Å². The molecule has 0 unspecified atom stereocenters. The predicted molar refractivity (Wildman–Crippen MR) is 96.2 cm³/mol. The number of carbonyl (C=O) groups excluding carboxylic acids is 1. The number of hydrogen-bond acceptors (Lipinski definition) is 4. The van der Waals surface area contributed by atoms with Crippen LogP contribution in [0.3, 0.4) is 0 Å². The van der Waals surface area contributed by atoms with E-state index in [2.05, 4.69) is 5.32 Å². The van der Waals surface area contributed by atoms with E-state index in [4.69, 9.17) is 9.05 Å². The minimum atomic E-state index is -3.38. The van der Waals surface area contributed by atoms with Gasteiger partial charge in [-0.2, -0.15) is 0 Å². The normalized spacial score (nSPS) is 11.2. The Balaban J connectivity index is 2.00. The van der Waals surface area contributed by atoms with Crippen LogP contribution in [0.2, 0.25) is 0 Å². The maximum Gasteiger partial charge on any atom is 0.340 e. The van der Waals surface area contributed by atoms with E-state index < -0.39 is 13.5 Å². The second kappa shape index (κ2) is 8.78. The molecule has 0 spiro atoms. The van der Waals surface area contributed by atoms with Gasteiger partial charge in [0.05, 0.1) is 13.2 Å². The molecule has 128 valence electrons. The maximum atomic E-state index is 12.3. The number of nitrogens with one attached hydrogen (secondary N) is 1. The van der Waals surface area contributed by atoms with Gasteiger partial charge in [0.15, 0.2) is 0 Å². The number of rotatable bonds is 8. The lowest BCUT2D eigenvalue weighted by Gasteiger charge is -2.16. The molecule has 2 aromatic carbocycles. The number of anilines is 1. The Morgan fingerprint density at radius 1 is 0.917 bits per heavy atom. The minimum absolute atomic E-state index is 0.232. The first-order valence-corrected chi connectivity index (χ1v) is 9.62. The molecule has 0 heterocycles. The molecular formula is C18H22NO4P. The van der Waals surface area contributed by atoms with Crippen molar-refractivity contribution < 1.29 is 18.4 Å². The minimum Gasteiger partial charge on any atom is -0.326 e. The molecule has 0 saturated carbocycles. The summed E-state index contributed by atoms with van der Waals surface area (Å²) < 4.78 is 22.6. The van der Waals surface area contributed by atoms with Gasteiger partial charge in [0.2, 0.25) is 5.91 Å². The van der Waals surface area contributed by atoms with Crippen molar-refractivity contribution in [2.24, 2.45) is 0 Å². The van der Waals surface area contributed by atoms with Crippen LogP contribution >= 0.6 is 7.60 Å². The molecule has 0 atom stereocenters. The lowest BCUT2D eigenvalue weighted by molar-refractivity contribution is -0.114. The average molecular weight is 347 g/mol. The van der Waals surface area contributed by atoms with E-state index in [0.717, 1.165) is 11.1 Å². The van der Waals surface area contributed by atoms with Gasteiger partial charge >= 0.3 is 7.60 Å². The lowest BCUT2D eigenvalue weighted by atomic mass is 10.1. The largest absolute Gasteiger partial charge is 0.340 e. The van der Waals surface area contributed by atoms with Gasteiger partial charge in [-0.3, -0.25) is 9.36 Å². The number of benzene rings is 2. The SMILES string of the molecule is CCOP(=O)(CC(=O)Nc1ccc(-c2ccccc2)cc1)OCC. The molecule has 5 nitrogen and oxygen atoms in total. The van der Waals surface area contributed by atoms with Crippen molar-refractivity contribution >= 4 is 19.2 Å². The summed E-state index contributed by atoms with van der Waals surface area (Å²) in [5, 5.41) is 2.72. The quantitative estimate of drug-likeness (QED) is 0.711. The molecule has 6 heteroatoms. The maximum absolute atomic E-state index is 12.3. The zero-order valence-electron chi connectivity index (χ0n) is 13.9. The van der Waals surface area contributed by atoms with Gasteiger partial charge in [-0.05, 0) is 37.1 Å². The molecule has 1 N–H and O–H groups in total. The Hall–Kier alpha value is -1.94. The Labute approximate surface area is 142 Å². The fourth-order valence-corrected chi connectivity index (χ4v) is 3.75. The van der Waals surface area contributed by atoms with Crippen molar-refractivity contribution in [2.75, 3.05) is 24.7 Å². The average Bonchev–Trinajstić information content (AvgIpc) is 2.56. The summed E-state index contributed by atoms with van der Waals surface area (Å²) >= 11 is 0. The van der Waals surface area contributed by atoms with Gasteiger partial charge < -0.3 is 14.4 Å². The predicted octanol–water partition coefficient (Wildman–Crippen LogP) is 4.56. The monoisotopic (exact) mass is 347 g/mol. The molecule has 0 saturated heterocycles. The summed E-state index contributed by atoms with van der Waals surface area (Å²) in [6.07, 6.45) is -0.297. The third kappa shape index (κ3) is 5.31. The molecule has 1 amide bonds. The fraction of sp³-hybridized carbons (Fsp3) is 0.278. The van der Waals surface area contributed by atoms with Gasteiger partial charge in [0, 0.05) is 5.69 Å². The molecule has 0 aliphatic carbocycles. The van der Waals surface area contributed by atoms with E-state index in [1.165, 1.54) is 0 Å². The van der Waals surface area contributed by atoms with Crippen LogP contribution in [0, 0.1) is 0 Å². The van der Waals surface area contributed by atoms with Gasteiger partial charge in [-0.25, -0.2) is 0 Å². The van der Waals surface area contributed by atoms with Crippen LogP contribution < -0.4 is 5.32 Å². The number of carbonyl (C=O) groups is 1. The molecular weight excluding hydrogens is 325 g/mol. The molecule has 0 aliphatic heterocycles. The first-order chi connectivity index (χ1) is 11.6. The van der Waals surface area contributed by atoms with E-state index in [0.29, 0.717) is 5.69 Å². The van der Waals surface area contributed by atoms with Gasteiger partial charge in [0.25, 0.3) is 0 Å². The molecule has 2 aromatic rings. The first-order valence-electron chi connectivity index (χ1n) is 7.90. The zero-order chi connectivity index (χ0) is 17.4. The zero-order valence-corrected chi connectivity index (χ0v) is 14.8. The van der Waals surface area contributed by atoms with Gasteiger partial charge in [0.1, 0.15) is 6.16 Å². The standard InChI is InChI=1S/C18H22NO4P/c1-3-22-24(21,23-4-2)14-18(20)19-17-12-10-16(11-13-17)15-8-6-5-7-9-15/h5-13H,3-4,14H2,1-2H3,(H,19,20). The highest BCUT2D eigenvalue weighted by Crippen LogP contribution is 2.47. The summed E-state index contributed by atoms with van der Waals surface area (Å²) in [5.74, 6) is -0.396. The van der Waals surface area contributed by atoms with Crippen molar-refractivity contribution in [3.8, 4) is 11.1 Å². The topological polar surface area (TPSA) is 64.6 Å². The Morgan fingerprint density at radius 3 is 2.00 bits per heavy atom. The molecule has 0 bridgehead atoms. The first kappa shape index (κ1) is 18.4. The van der Waals surface area contributed by atoms with E-state index in [-0.39, 0.29) is 19.4 Å². The van der Waals surface area contributed by atoms with Crippen molar-refractivity contribution in [1.82, 2.24) is 0 Å². The fourth-order valence-electron chi connectivity index (χ4n) is 2.27. The van der Waals surface area contributed by atoms with Crippen LogP contribution in [0.25, 0.3) is 11.1 Å². The smallest absolute Gasteiger partial charge is 0.326 e. The third-order valence-electron chi connectivity index (χ3n) is 3.26. The highest BCUT2D eigenvalue weighted by atomic mass is 31.2. The van der Waals surface area contributed by atoms with E-state index in [1.54, 1.807) is 13.8 Å². The molecule has 0 aromatic heterocycles. The number of amides is 1. The van der Waals surface area contributed by atoms with Crippen LogP contribution in [0.15, 0.2) is 54.6 Å². The summed E-state index contributed by atoms with van der Waals surface area (Å²) in [5.41, 5.74) is 2.80. The van der Waals surface area contributed by atoms with Crippen molar-refractivity contribution in [3.05, 3.63) is 54.6 Å². The highest BCUT2D eigenvalue weighted by molar-refractivity contribution is 7.54. The molecule has 0 fully saturated rings. The third-order valence-corrected chi connectivity index (χ3v) is 5.24. The summed E-state index contributed by atoms with van der Waals surface area (Å²) in [7, 11) is -3.38. The Morgan fingerprint density at radius 2 is 1.46 bits per heavy atom. The van der Waals surface area contributed by atoms with E-state index in [9.17, 15) is 9.36 Å². The second-order valence-corrected chi connectivity index (χ2v) is 7.15. The highest BCUT2D eigenvalue weighted by Gasteiger charge is 2.27.